The molecule has 1 atom stereocenters. The summed E-state index contributed by atoms with van der Waals surface area (Å²) >= 11 is 0. The van der Waals surface area contributed by atoms with E-state index in [9.17, 15) is 9.59 Å². The van der Waals surface area contributed by atoms with Gasteiger partial charge in [-0.2, -0.15) is 0 Å². The van der Waals surface area contributed by atoms with Gasteiger partial charge in [0.25, 0.3) is 5.91 Å². The first-order valence-corrected chi connectivity index (χ1v) is 5.93. The fourth-order valence-corrected chi connectivity index (χ4v) is 1.82. The zero-order valence-electron chi connectivity index (χ0n) is 10.2. The maximum Gasteiger partial charge on any atom is 0.270 e. The zero-order valence-corrected chi connectivity index (χ0v) is 10.2. The van der Waals surface area contributed by atoms with Crippen molar-refractivity contribution in [3.63, 3.8) is 0 Å². The van der Waals surface area contributed by atoms with E-state index in [0.29, 0.717) is 18.7 Å². The molecule has 1 unspecified atom stereocenters. The molecule has 18 heavy (non-hydrogen) atoms. The number of hydrogen-bond acceptors (Lipinski definition) is 4. The summed E-state index contributed by atoms with van der Waals surface area (Å²) in [5.41, 5.74) is 1.15. The summed E-state index contributed by atoms with van der Waals surface area (Å²) in [5, 5.41) is 8.33. The molecule has 3 N–H and O–H groups in total. The lowest BCUT2D eigenvalue weighted by atomic mass is 10.1. The van der Waals surface area contributed by atoms with E-state index in [2.05, 4.69) is 20.9 Å². The van der Waals surface area contributed by atoms with E-state index in [-0.39, 0.29) is 11.8 Å². The van der Waals surface area contributed by atoms with Gasteiger partial charge in [0.15, 0.2) is 0 Å². The van der Waals surface area contributed by atoms with Crippen LogP contribution in [0.15, 0.2) is 18.3 Å². The number of carbonyl (C=O) groups is 2. The van der Waals surface area contributed by atoms with Gasteiger partial charge in [0.1, 0.15) is 11.7 Å². The lowest BCUT2D eigenvalue weighted by Crippen LogP contribution is -2.50. The molecular formula is C12H16N4O2. The van der Waals surface area contributed by atoms with Crippen molar-refractivity contribution < 1.29 is 9.59 Å². The van der Waals surface area contributed by atoms with Gasteiger partial charge in [-0.3, -0.25) is 9.59 Å². The quantitative estimate of drug-likeness (QED) is 0.710. The van der Waals surface area contributed by atoms with Crippen molar-refractivity contribution in [3.8, 4) is 0 Å². The fourth-order valence-electron chi connectivity index (χ4n) is 1.82. The second-order valence-corrected chi connectivity index (χ2v) is 4.14. The number of hydrogen-bond donors (Lipinski definition) is 3. The van der Waals surface area contributed by atoms with Gasteiger partial charge in [0.05, 0.1) is 11.9 Å². The molecular weight excluding hydrogens is 232 g/mol. The molecule has 0 saturated carbocycles. The lowest BCUT2D eigenvalue weighted by Gasteiger charge is -2.22. The fraction of sp³-hybridized carbons (Fsp3) is 0.417. The van der Waals surface area contributed by atoms with E-state index in [1.54, 1.807) is 25.4 Å². The van der Waals surface area contributed by atoms with Crippen molar-refractivity contribution in [2.24, 2.45) is 0 Å². The molecule has 0 bridgehead atoms. The molecule has 0 aliphatic carbocycles. The molecule has 2 rings (SSSR count). The van der Waals surface area contributed by atoms with Gasteiger partial charge in [0.2, 0.25) is 5.91 Å². The lowest BCUT2D eigenvalue weighted by molar-refractivity contribution is -0.124. The third kappa shape index (κ3) is 2.77. The highest BCUT2D eigenvalue weighted by atomic mass is 16.2. The van der Waals surface area contributed by atoms with Crippen molar-refractivity contribution in [1.82, 2.24) is 15.6 Å². The van der Waals surface area contributed by atoms with Gasteiger partial charge in [-0.15, -0.1) is 0 Å². The highest BCUT2D eigenvalue weighted by Crippen LogP contribution is 2.07. The molecule has 6 heteroatoms. The van der Waals surface area contributed by atoms with Crippen LogP contribution in [0.25, 0.3) is 0 Å². The van der Waals surface area contributed by atoms with Crippen LogP contribution in [0.4, 0.5) is 5.69 Å². The Morgan fingerprint density at radius 1 is 1.50 bits per heavy atom. The summed E-state index contributed by atoms with van der Waals surface area (Å²) in [4.78, 5) is 27.4. The number of pyridine rings is 1. The second-order valence-electron chi connectivity index (χ2n) is 4.14. The van der Waals surface area contributed by atoms with Crippen LogP contribution in [0.5, 0.6) is 0 Å². The Morgan fingerprint density at radius 3 is 2.94 bits per heavy atom. The molecule has 6 nitrogen and oxygen atoms in total. The smallest absolute Gasteiger partial charge is 0.270 e. The molecule has 1 aliphatic rings. The van der Waals surface area contributed by atoms with Crippen molar-refractivity contribution in [2.75, 3.05) is 18.9 Å². The van der Waals surface area contributed by atoms with Gasteiger partial charge >= 0.3 is 0 Å². The molecule has 1 fully saturated rings. The van der Waals surface area contributed by atoms with E-state index < -0.39 is 6.04 Å². The van der Waals surface area contributed by atoms with Crippen molar-refractivity contribution in [3.05, 3.63) is 24.0 Å². The number of nitrogens with one attached hydrogen (secondary N) is 3. The summed E-state index contributed by atoms with van der Waals surface area (Å²) in [6, 6.07) is 2.95. The number of aromatic nitrogens is 1. The van der Waals surface area contributed by atoms with Gasteiger partial charge in [-0.1, -0.05) is 0 Å². The summed E-state index contributed by atoms with van der Waals surface area (Å²) < 4.78 is 0. The molecule has 96 valence electrons. The highest BCUT2D eigenvalue weighted by molar-refractivity contribution is 5.96. The number of amides is 2. The van der Waals surface area contributed by atoms with Crippen LogP contribution in [0, 0.1) is 0 Å². The minimum atomic E-state index is -0.447. The number of rotatable bonds is 3. The Hall–Kier alpha value is -2.11. The van der Waals surface area contributed by atoms with Crippen LogP contribution < -0.4 is 16.0 Å². The molecule has 1 aromatic heterocycles. The Labute approximate surface area is 105 Å². The number of nitrogens with zero attached hydrogens (tertiary/aromatic N) is 1. The number of piperidine rings is 1. The molecule has 2 amide bonds. The molecule has 0 spiro atoms. The summed E-state index contributed by atoms with van der Waals surface area (Å²) in [6.07, 6.45) is 3.13. The molecule has 1 aliphatic heterocycles. The first-order chi connectivity index (χ1) is 8.70. The van der Waals surface area contributed by atoms with Crippen molar-refractivity contribution in [1.29, 1.82) is 0 Å². The average molecular weight is 248 g/mol. The number of carbonyl (C=O) groups excluding carboxylic acids is 2. The Morgan fingerprint density at radius 2 is 2.33 bits per heavy atom. The molecule has 0 radical (unpaired) electrons. The Bertz CT molecular complexity index is 444. The topological polar surface area (TPSA) is 83.1 Å². The molecule has 2 heterocycles. The molecule has 0 aromatic carbocycles. The van der Waals surface area contributed by atoms with Crippen LogP contribution in [0.3, 0.4) is 0 Å². The first-order valence-electron chi connectivity index (χ1n) is 5.93. The van der Waals surface area contributed by atoms with E-state index >= 15 is 0 Å². The maximum absolute atomic E-state index is 11.9. The molecule has 1 saturated heterocycles. The van der Waals surface area contributed by atoms with E-state index in [1.807, 2.05) is 0 Å². The highest BCUT2D eigenvalue weighted by Gasteiger charge is 2.24. The SMILES string of the molecule is CNc1ccc(C(=O)NC2CCCNC2=O)nc1. The van der Waals surface area contributed by atoms with Crippen molar-refractivity contribution >= 4 is 17.5 Å². The summed E-state index contributed by atoms with van der Waals surface area (Å²) in [5.74, 6) is -0.443. The predicted octanol–water partition coefficient (Wildman–Crippen LogP) is 0.132. The third-order valence-corrected chi connectivity index (χ3v) is 2.88. The predicted molar refractivity (Wildman–Crippen MR) is 67.3 cm³/mol. The maximum atomic E-state index is 11.9. The number of anilines is 1. The summed E-state index contributed by atoms with van der Waals surface area (Å²) in [6.45, 7) is 0.681. The largest absolute Gasteiger partial charge is 0.387 e. The van der Waals surface area contributed by atoms with E-state index in [4.69, 9.17) is 0 Å². The van der Waals surface area contributed by atoms with Crippen LogP contribution in [-0.2, 0) is 4.79 Å². The minimum Gasteiger partial charge on any atom is -0.387 e. The van der Waals surface area contributed by atoms with Crippen LogP contribution >= 0.6 is 0 Å². The standard InChI is InChI=1S/C12H16N4O2/c1-13-8-4-5-9(15-7-8)12(18)16-10-3-2-6-14-11(10)17/h4-5,7,10,13H,2-3,6H2,1H3,(H,14,17)(H,16,18). The van der Waals surface area contributed by atoms with Crippen LogP contribution in [-0.4, -0.2) is 36.4 Å². The monoisotopic (exact) mass is 248 g/mol. The Balaban J connectivity index is 2.00. The minimum absolute atomic E-state index is 0.124. The summed E-state index contributed by atoms with van der Waals surface area (Å²) in [7, 11) is 1.78. The molecule has 1 aromatic rings. The van der Waals surface area contributed by atoms with Crippen molar-refractivity contribution in [2.45, 2.75) is 18.9 Å². The van der Waals surface area contributed by atoms with E-state index in [0.717, 1.165) is 12.1 Å². The van der Waals surface area contributed by atoms with Gasteiger partial charge < -0.3 is 16.0 Å². The first kappa shape index (κ1) is 12.3. The van der Waals surface area contributed by atoms with Gasteiger partial charge in [-0.05, 0) is 25.0 Å². The normalized spacial score (nSPS) is 18.9. The van der Waals surface area contributed by atoms with Crippen LogP contribution in [0.2, 0.25) is 0 Å². The second kappa shape index (κ2) is 5.48. The average Bonchev–Trinajstić information content (AvgIpc) is 2.41. The third-order valence-electron chi connectivity index (χ3n) is 2.88. The Kier molecular flexibility index (Phi) is 3.76. The zero-order chi connectivity index (χ0) is 13.0. The van der Waals surface area contributed by atoms with Gasteiger partial charge in [0, 0.05) is 13.6 Å². The van der Waals surface area contributed by atoms with Crippen LogP contribution in [0.1, 0.15) is 23.3 Å². The van der Waals surface area contributed by atoms with E-state index in [1.165, 1.54) is 0 Å². The van der Waals surface area contributed by atoms with Gasteiger partial charge in [-0.25, -0.2) is 4.98 Å².